The van der Waals surface area contributed by atoms with Gasteiger partial charge in [0.25, 0.3) is 0 Å². The van der Waals surface area contributed by atoms with E-state index >= 15 is 0 Å². The zero-order valence-electron chi connectivity index (χ0n) is 9.76. The van der Waals surface area contributed by atoms with Gasteiger partial charge in [0, 0.05) is 32.7 Å². The topological polar surface area (TPSA) is 89.9 Å². The van der Waals surface area contributed by atoms with Gasteiger partial charge in [0.15, 0.2) is 0 Å². The predicted molar refractivity (Wildman–Crippen MR) is 58.9 cm³/mol. The number of nitrogens with zero attached hydrogens (tertiary/aromatic N) is 2. The maximum atomic E-state index is 11.6. The molecule has 1 aliphatic rings. The van der Waals surface area contributed by atoms with Crippen molar-refractivity contribution in [3.8, 4) is 0 Å². The first-order valence-corrected chi connectivity index (χ1v) is 5.49. The van der Waals surface area contributed by atoms with Crippen LogP contribution in [0.1, 0.15) is 6.92 Å². The molecular formula is C10H17N3O4. The summed E-state index contributed by atoms with van der Waals surface area (Å²) in [5, 5.41) is 11.3. The van der Waals surface area contributed by atoms with Crippen molar-refractivity contribution < 1.29 is 19.5 Å². The Hall–Kier alpha value is -1.63. The molecule has 0 bridgehead atoms. The lowest BCUT2D eigenvalue weighted by molar-refractivity contribution is -0.147. The van der Waals surface area contributed by atoms with Gasteiger partial charge in [-0.2, -0.15) is 0 Å². The van der Waals surface area contributed by atoms with Crippen LogP contribution < -0.4 is 5.32 Å². The van der Waals surface area contributed by atoms with Crippen molar-refractivity contribution >= 4 is 18.2 Å². The van der Waals surface area contributed by atoms with Gasteiger partial charge >= 0.3 is 11.8 Å². The van der Waals surface area contributed by atoms with E-state index in [1.165, 1.54) is 11.8 Å². The summed E-state index contributed by atoms with van der Waals surface area (Å²) in [5.74, 6) is -1.33. The van der Waals surface area contributed by atoms with Gasteiger partial charge in [-0.05, 0) is 6.92 Å². The number of aliphatic hydroxyl groups excluding tert-OH is 1. The third-order valence-corrected chi connectivity index (χ3v) is 2.50. The Balaban J connectivity index is 2.37. The van der Waals surface area contributed by atoms with Crippen LogP contribution in [0.5, 0.6) is 0 Å². The minimum absolute atomic E-state index is 0.0544. The van der Waals surface area contributed by atoms with Crippen LogP contribution in [0, 0.1) is 0 Å². The van der Waals surface area contributed by atoms with E-state index in [0.717, 1.165) is 6.41 Å². The summed E-state index contributed by atoms with van der Waals surface area (Å²) in [6.07, 6.45) is 0.0497. The molecule has 0 aromatic heterocycles. The average molecular weight is 243 g/mol. The Morgan fingerprint density at radius 3 is 2.41 bits per heavy atom. The fraction of sp³-hybridized carbons (Fsp3) is 0.700. The first kappa shape index (κ1) is 13.4. The van der Waals surface area contributed by atoms with E-state index in [-0.39, 0.29) is 6.54 Å². The minimum atomic E-state index is -0.717. The van der Waals surface area contributed by atoms with Crippen molar-refractivity contribution in [1.82, 2.24) is 15.1 Å². The highest BCUT2D eigenvalue weighted by Crippen LogP contribution is 1.99. The zero-order valence-corrected chi connectivity index (χ0v) is 9.76. The maximum Gasteiger partial charge on any atom is 0.312 e. The molecule has 7 heteroatoms. The summed E-state index contributed by atoms with van der Waals surface area (Å²) >= 11 is 0. The van der Waals surface area contributed by atoms with Crippen LogP contribution >= 0.6 is 0 Å². The number of aliphatic hydroxyl groups is 1. The highest BCUT2D eigenvalue weighted by molar-refractivity contribution is 6.35. The number of amides is 3. The van der Waals surface area contributed by atoms with Crippen LogP contribution in [0.2, 0.25) is 0 Å². The third kappa shape index (κ3) is 4.03. The van der Waals surface area contributed by atoms with Crippen molar-refractivity contribution in [2.24, 2.45) is 0 Å². The van der Waals surface area contributed by atoms with Gasteiger partial charge in [-0.3, -0.25) is 14.4 Å². The van der Waals surface area contributed by atoms with Crippen molar-refractivity contribution in [2.45, 2.75) is 13.0 Å². The van der Waals surface area contributed by atoms with Gasteiger partial charge in [0.2, 0.25) is 6.41 Å². The van der Waals surface area contributed by atoms with Crippen LogP contribution in [0.15, 0.2) is 0 Å². The lowest BCUT2D eigenvalue weighted by Crippen LogP contribution is -2.52. The highest BCUT2D eigenvalue weighted by Gasteiger charge is 2.25. The van der Waals surface area contributed by atoms with Gasteiger partial charge < -0.3 is 20.2 Å². The summed E-state index contributed by atoms with van der Waals surface area (Å²) in [6, 6.07) is 0. The number of carbonyl (C=O) groups is 3. The van der Waals surface area contributed by atoms with Crippen LogP contribution in [-0.2, 0) is 14.4 Å². The molecule has 17 heavy (non-hydrogen) atoms. The molecule has 0 aromatic rings. The Kier molecular flexibility index (Phi) is 4.89. The SMILES string of the molecule is CC(O)CNC(=O)C(=O)N1CCN(C=O)CC1. The molecule has 1 fully saturated rings. The van der Waals surface area contributed by atoms with Gasteiger partial charge in [0.1, 0.15) is 0 Å². The molecule has 0 radical (unpaired) electrons. The molecule has 0 aliphatic carbocycles. The number of hydrogen-bond acceptors (Lipinski definition) is 4. The number of nitrogens with one attached hydrogen (secondary N) is 1. The van der Waals surface area contributed by atoms with Crippen LogP contribution in [0.4, 0.5) is 0 Å². The van der Waals surface area contributed by atoms with Crippen LogP contribution in [-0.4, -0.2) is 72.0 Å². The molecule has 1 unspecified atom stereocenters. The Morgan fingerprint density at radius 1 is 1.35 bits per heavy atom. The number of piperazine rings is 1. The second-order valence-electron chi connectivity index (χ2n) is 3.99. The molecular weight excluding hydrogens is 226 g/mol. The summed E-state index contributed by atoms with van der Waals surface area (Å²) in [7, 11) is 0. The van der Waals surface area contributed by atoms with Crippen LogP contribution in [0.25, 0.3) is 0 Å². The summed E-state index contributed by atoms with van der Waals surface area (Å²) in [5.41, 5.74) is 0. The number of carbonyl (C=O) groups excluding carboxylic acids is 3. The predicted octanol–water partition coefficient (Wildman–Crippen LogP) is -2.22. The van der Waals surface area contributed by atoms with E-state index in [1.54, 1.807) is 4.90 Å². The van der Waals surface area contributed by atoms with E-state index in [4.69, 9.17) is 5.11 Å². The second kappa shape index (κ2) is 6.19. The lowest BCUT2D eigenvalue weighted by atomic mass is 10.3. The molecule has 1 atom stereocenters. The quantitative estimate of drug-likeness (QED) is 0.434. The van der Waals surface area contributed by atoms with Crippen molar-refractivity contribution in [3.63, 3.8) is 0 Å². The largest absolute Gasteiger partial charge is 0.392 e. The Bertz CT molecular complexity index is 298. The summed E-state index contributed by atoms with van der Waals surface area (Å²) in [6.45, 7) is 3.18. The molecule has 1 rings (SSSR count). The zero-order chi connectivity index (χ0) is 12.8. The number of hydrogen-bond donors (Lipinski definition) is 2. The van der Waals surface area contributed by atoms with Gasteiger partial charge in [-0.25, -0.2) is 0 Å². The molecule has 1 aliphatic heterocycles. The van der Waals surface area contributed by atoms with E-state index in [0.29, 0.717) is 26.2 Å². The van der Waals surface area contributed by atoms with Crippen molar-refractivity contribution in [3.05, 3.63) is 0 Å². The molecule has 3 amide bonds. The van der Waals surface area contributed by atoms with Crippen LogP contribution in [0.3, 0.4) is 0 Å². The van der Waals surface area contributed by atoms with E-state index in [9.17, 15) is 14.4 Å². The summed E-state index contributed by atoms with van der Waals surface area (Å²) < 4.78 is 0. The first-order chi connectivity index (χ1) is 8.04. The molecule has 0 saturated carbocycles. The third-order valence-electron chi connectivity index (χ3n) is 2.50. The molecule has 96 valence electrons. The average Bonchev–Trinajstić information content (AvgIpc) is 2.35. The molecule has 2 N–H and O–H groups in total. The molecule has 1 heterocycles. The molecule has 0 spiro atoms. The summed E-state index contributed by atoms with van der Waals surface area (Å²) in [4.78, 5) is 36.4. The normalized spacial score (nSPS) is 17.5. The fourth-order valence-corrected chi connectivity index (χ4v) is 1.49. The lowest BCUT2D eigenvalue weighted by Gasteiger charge is -2.32. The Morgan fingerprint density at radius 2 is 1.94 bits per heavy atom. The van der Waals surface area contributed by atoms with Crippen molar-refractivity contribution in [1.29, 1.82) is 0 Å². The number of rotatable bonds is 3. The van der Waals surface area contributed by atoms with Crippen molar-refractivity contribution in [2.75, 3.05) is 32.7 Å². The minimum Gasteiger partial charge on any atom is -0.392 e. The van der Waals surface area contributed by atoms with E-state index in [2.05, 4.69) is 5.32 Å². The van der Waals surface area contributed by atoms with Gasteiger partial charge in [-0.1, -0.05) is 0 Å². The Labute approximate surface area is 99.4 Å². The molecule has 7 nitrogen and oxygen atoms in total. The maximum absolute atomic E-state index is 11.6. The smallest absolute Gasteiger partial charge is 0.312 e. The first-order valence-electron chi connectivity index (χ1n) is 5.49. The molecule has 1 saturated heterocycles. The molecule has 0 aromatic carbocycles. The monoisotopic (exact) mass is 243 g/mol. The second-order valence-corrected chi connectivity index (χ2v) is 3.99. The van der Waals surface area contributed by atoms with E-state index < -0.39 is 17.9 Å². The van der Waals surface area contributed by atoms with E-state index in [1.807, 2.05) is 0 Å². The fourth-order valence-electron chi connectivity index (χ4n) is 1.49. The standard InChI is InChI=1S/C10H17N3O4/c1-8(15)6-11-9(16)10(17)13-4-2-12(7-14)3-5-13/h7-8,15H,2-6H2,1H3,(H,11,16). The van der Waals surface area contributed by atoms with Gasteiger partial charge in [-0.15, -0.1) is 0 Å². The van der Waals surface area contributed by atoms with Gasteiger partial charge in [0.05, 0.1) is 6.10 Å². The highest BCUT2D eigenvalue weighted by atomic mass is 16.3.